The zero-order valence-corrected chi connectivity index (χ0v) is 11.0. The number of hydrogen-bond acceptors (Lipinski definition) is 3. The number of likely N-dealkylation sites (N-methyl/N-ethyl adjacent to an activating group) is 2. The Balaban J connectivity index is 2.40. The van der Waals surface area contributed by atoms with Crippen LogP contribution in [0.15, 0.2) is 0 Å². The van der Waals surface area contributed by atoms with Crippen LogP contribution in [0.1, 0.15) is 26.7 Å². The number of hydrogen-bond donors (Lipinski definition) is 1. The predicted octanol–water partition coefficient (Wildman–Crippen LogP) is 0.537. The molecule has 0 aromatic heterocycles. The molecule has 0 aliphatic carbocycles. The van der Waals surface area contributed by atoms with E-state index in [0.29, 0.717) is 18.6 Å². The second-order valence-electron chi connectivity index (χ2n) is 4.99. The summed E-state index contributed by atoms with van der Waals surface area (Å²) in [7, 11) is 3.94. The molecule has 0 saturated carbocycles. The first-order valence-electron chi connectivity index (χ1n) is 6.19. The number of nitrogens with one attached hydrogen (secondary N) is 1. The highest BCUT2D eigenvalue weighted by Crippen LogP contribution is 2.10. The molecule has 0 spiro atoms. The van der Waals surface area contributed by atoms with Crippen LogP contribution in [-0.2, 0) is 4.79 Å². The van der Waals surface area contributed by atoms with Crippen molar-refractivity contribution in [3.8, 4) is 0 Å². The molecule has 4 heteroatoms. The van der Waals surface area contributed by atoms with Gasteiger partial charge in [-0.2, -0.15) is 0 Å². The minimum absolute atomic E-state index is 0.239. The van der Waals surface area contributed by atoms with Gasteiger partial charge in [-0.25, -0.2) is 0 Å². The van der Waals surface area contributed by atoms with Crippen molar-refractivity contribution < 1.29 is 4.79 Å². The summed E-state index contributed by atoms with van der Waals surface area (Å²) in [5, 5.41) is 3.32. The van der Waals surface area contributed by atoms with E-state index >= 15 is 0 Å². The van der Waals surface area contributed by atoms with Crippen LogP contribution in [0.4, 0.5) is 0 Å². The molecule has 1 saturated heterocycles. The molecule has 0 radical (unpaired) electrons. The Morgan fingerprint density at radius 1 is 1.31 bits per heavy atom. The van der Waals surface area contributed by atoms with E-state index in [2.05, 4.69) is 24.1 Å². The first-order chi connectivity index (χ1) is 7.52. The van der Waals surface area contributed by atoms with Gasteiger partial charge in [0.25, 0.3) is 0 Å². The van der Waals surface area contributed by atoms with Crippen LogP contribution in [0.3, 0.4) is 0 Å². The average Bonchev–Trinajstić information content (AvgIpc) is 2.28. The minimum atomic E-state index is 0.239. The first kappa shape index (κ1) is 13.5. The molecular weight excluding hydrogens is 202 g/mol. The topological polar surface area (TPSA) is 35.6 Å². The van der Waals surface area contributed by atoms with Gasteiger partial charge in [0, 0.05) is 19.1 Å². The first-order valence-corrected chi connectivity index (χ1v) is 6.19. The van der Waals surface area contributed by atoms with Crippen LogP contribution >= 0.6 is 0 Å². The molecule has 0 atom stereocenters. The quantitative estimate of drug-likeness (QED) is 0.761. The summed E-state index contributed by atoms with van der Waals surface area (Å²) in [5.41, 5.74) is 0. The molecular formula is C12H25N3O. The van der Waals surface area contributed by atoms with Crippen molar-refractivity contribution in [2.24, 2.45) is 0 Å². The predicted molar refractivity (Wildman–Crippen MR) is 66.4 cm³/mol. The molecule has 1 amide bonds. The molecule has 1 heterocycles. The third-order valence-electron chi connectivity index (χ3n) is 3.52. The smallest absolute Gasteiger partial charge is 0.236 e. The number of rotatable bonds is 4. The SMILES string of the molecule is CC(C)N(C)CC(=O)N(C)C1CCNCC1. The van der Waals surface area contributed by atoms with E-state index in [1.54, 1.807) is 0 Å². The molecule has 1 rings (SSSR count). The highest BCUT2D eigenvalue weighted by Gasteiger charge is 2.22. The summed E-state index contributed by atoms with van der Waals surface area (Å²) in [6, 6.07) is 0.847. The summed E-state index contributed by atoms with van der Waals surface area (Å²) >= 11 is 0. The highest BCUT2D eigenvalue weighted by atomic mass is 16.2. The van der Waals surface area contributed by atoms with Gasteiger partial charge >= 0.3 is 0 Å². The van der Waals surface area contributed by atoms with E-state index in [-0.39, 0.29) is 5.91 Å². The van der Waals surface area contributed by atoms with Crippen LogP contribution in [0.2, 0.25) is 0 Å². The standard InChI is InChI=1S/C12H25N3O/c1-10(2)14(3)9-12(16)15(4)11-5-7-13-8-6-11/h10-11,13H,5-9H2,1-4H3. The van der Waals surface area contributed by atoms with Crippen molar-refractivity contribution in [2.45, 2.75) is 38.8 Å². The molecule has 0 aromatic rings. The molecule has 94 valence electrons. The van der Waals surface area contributed by atoms with Crippen LogP contribution in [-0.4, -0.2) is 61.5 Å². The second kappa shape index (κ2) is 6.21. The lowest BCUT2D eigenvalue weighted by molar-refractivity contribution is -0.133. The molecule has 1 N–H and O–H groups in total. The molecule has 16 heavy (non-hydrogen) atoms. The van der Waals surface area contributed by atoms with Gasteiger partial charge in [0.15, 0.2) is 0 Å². The van der Waals surface area contributed by atoms with Gasteiger partial charge in [-0.1, -0.05) is 0 Å². The summed E-state index contributed by atoms with van der Waals surface area (Å²) in [5.74, 6) is 0.239. The molecule has 4 nitrogen and oxygen atoms in total. The Kier molecular flexibility index (Phi) is 5.22. The Hall–Kier alpha value is -0.610. The van der Waals surface area contributed by atoms with Crippen molar-refractivity contribution in [3.63, 3.8) is 0 Å². The Labute approximate surface area is 99.0 Å². The molecule has 1 aliphatic rings. The maximum Gasteiger partial charge on any atom is 0.236 e. The summed E-state index contributed by atoms with van der Waals surface area (Å²) < 4.78 is 0. The zero-order chi connectivity index (χ0) is 12.1. The monoisotopic (exact) mass is 227 g/mol. The van der Waals surface area contributed by atoms with Crippen molar-refractivity contribution in [2.75, 3.05) is 33.7 Å². The van der Waals surface area contributed by atoms with Crippen molar-refractivity contribution >= 4 is 5.91 Å². The Morgan fingerprint density at radius 2 is 1.88 bits per heavy atom. The molecule has 0 unspecified atom stereocenters. The largest absolute Gasteiger partial charge is 0.342 e. The van der Waals surface area contributed by atoms with Gasteiger partial charge in [0.05, 0.1) is 6.54 Å². The lowest BCUT2D eigenvalue weighted by Gasteiger charge is -2.33. The maximum atomic E-state index is 12.0. The zero-order valence-electron chi connectivity index (χ0n) is 11.0. The van der Waals surface area contributed by atoms with Crippen molar-refractivity contribution in [3.05, 3.63) is 0 Å². The van der Waals surface area contributed by atoms with E-state index in [4.69, 9.17) is 0 Å². The molecule has 0 bridgehead atoms. The maximum absolute atomic E-state index is 12.0. The highest BCUT2D eigenvalue weighted by molar-refractivity contribution is 5.78. The summed E-state index contributed by atoms with van der Waals surface area (Å²) in [6.07, 6.45) is 2.15. The lowest BCUT2D eigenvalue weighted by Crippen LogP contribution is -2.47. The van der Waals surface area contributed by atoms with Crippen molar-refractivity contribution in [1.82, 2.24) is 15.1 Å². The van der Waals surface area contributed by atoms with E-state index in [9.17, 15) is 4.79 Å². The second-order valence-corrected chi connectivity index (χ2v) is 4.99. The summed E-state index contributed by atoms with van der Waals surface area (Å²) in [4.78, 5) is 16.0. The summed E-state index contributed by atoms with van der Waals surface area (Å²) in [6.45, 7) is 6.80. The van der Waals surface area contributed by atoms with Gasteiger partial charge in [0.1, 0.15) is 0 Å². The lowest BCUT2D eigenvalue weighted by atomic mass is 10.1. The third-order valence-corrected chi connectivity index (χ3v) is 3.52. The molecule has 1 aliphatic heterocycles. The third kappa shape index (κ3) is 3.76. The van der Waals surface area contributed by atoms with Crippen LogP contribution in [0.25, 0.3) is 0 Å². The fourth-order valence-corrected chi connectivity index (χ4v) is 1.91. The fraction of sp³-hybridized carbons (Fsp3) is 0.917. The Morgan fingerprint density at radius 3 is 2.38 bits per heavy atom. The normalized spacial score (nSPS) is 18.1. The van der Waals surface area contributed by atoms with Gasteiger partial charge in [-0.3, -0.25) is 9.69 Å². The van der Waals surface area contributed by atoms with Crippen LogP contribution < -0.4 is 5.32 Å². The average molecular weight is 227 g/mol. The van der Waals surface area contributed by atoms with Gasteiger partial charge in [-0.05, 0) is 46.8 Å². The van der Waals surface area contributed by atoms with Crippen LogP contribution in [0, 0.1) is 0 Å². The van der Waals surface area contributed by atoms with Crippen LogP contribution in [0.5, 0.6) is 0 Å². The number of piperidine rings is 1. The molecule has 0 aromatic carbocycles. The Bertz CT molecular complexity index is 224. The fourth-order valence-electron chi connectivity index (χ4n) is 1.91. The number of amides is 1. The van der Waals surface area contributed by atoms with E-state index in [1.165, 1.54) is 0 Å². The van der Waals surface area contributed by atoms with Gasteiger partial charge in [0.2, 0.25) is 5.91 Å². The number of nitrogens with zero attached hydrogens (tertiary/aromatic N) is 2. The number of carbonyl (C=O) groups is 1. The minimum Gasteiger partial charge on any atom is -0.342 e. The van der Waals surface area contributed by atoms with E-state index < -0.39 is 0 Å². The molecule has 1 fully saturated rings. The van der Waals surface area contributed by atoms with Gasteiger partial charge in [-0.15, -0.1) is 0 Å². The van der Waals surface area contributed by atoms with E-state index in [0.717, 1.165) is 25.9 Å². The number of carbonyl (C=O) groups excluding carboxylic acids is 1. The van der Waals surface area contributed by atoms with E-state index in [1.807, 2.05) is 19.0 Å². The van der Waals surface area contributed by atoms with Gasteiger partial charge < -0.3 is 10.2 Å². The van der Waals surface area contributed by atoms with Crippen molar-refractivity contribution in [1.29, 1.82) is 0 Å².